The Hall–Kier alpha value is -2.27. The third kappa shape index (κ3) is 2.28. The quantitative estimate of drug-likeness (QED) is 0.745. The maximum absolute atomic E-state index is 11.7. The van der Waals surface area contributed by atoms with Crippen LogP contribution in [0.1, 0.15) is 0 Å². The third-order valence-corrected chi connectivity index (χ3v) is 3.40. The zero-order valence-corrected chi connectivity index (χ0v) is 11.8. The molecule has 0 bridgehead atoms. The molecular formula is C15H9BrN2O2. The molecule has 0 aliphatic heterocycles. The van der Waals surface area contributed by atoms with E-state index in [0.29, 0.717) is 21.4 Å². The lowest BCUT2D eigenvalue weighted by Gasteiger charge is -2.02. The summed E-state index contributed by atoms with van der Waals surface area (Å²) >= 11 is 3.31. The summed E-state index contributed by atoms with van der Waals surface area (Å²) in [6.07, 6.45) is 1.65. The zero-order valence-electron chi connectivity index (χ0n) is 10.2. The summed E-state index contributed by atoms with van der Waals surface area (Å²) in [7, 11) is 0. The molecule has 4 nitrogen and oxygen atoms in total. The Kier molecular flexibility index (Phi) is 3.20. The van der Waals surface area contributed by atoms with Crippen LogP contribution in [0.4, 0.5) is 0 Å². The molecule has 0 radical (unpaired) electrons. The maximum atomic E-state index is 11.7. The van der Waals surface area contributed by atoms with Crippen molar-refractivity contribution in [3.05, 3.63) is 63.4 Å². The number of halogens is 1. The lowest BCUT2D eigenvalue weighted by molar-refractivity contribution is 0.473. The van der Waals surface area contributed by atoms with E-state index in [-0.39, 0.29) is 5.75 Å². The smallest absolute Gasteiger partial charge is 0.220 e. The largest absolute Gasteiger partial charge is 0.504 e. The van der Waals surface area contributed by atoms with Gasteiger partial charge in [0.25, 0.3) is 0 Å². The Labute approximate surface area is 122 Å². The van der Waals surface area contributed by atoms with Crippen molar-refractivity contribution in [2.75, 3.05) is 0 Å². The Bertz CT molecular complexity index is 865. The Morgan fingerprint density at radius 3 is 2.80 bits per heavy atom. The topological polar surface area (TPSA) is 63.1 Å². The van der Waals surface area contributed by atoms with E-state index in [4.69, 9.17) is 0 Å². The highest BCUT2D eigenvalue weighted by Gasteiger charge is 2.09. The maximum Gasteiger partial charge on any atom is 0.220 e. The van der Waals surface area contributed by atoms with Crippen LogP contribution >= 0.6 is 15.9 Å². The molecule has 5 heteroatoms. The van der Waals surface area contributed by atoms with Crippen LogP contribution in [-0.2, 0) is 0 Å². The van der Waals surface area contributed by atoms with Gasteiger partial charge in [-0.05, 0) is 42.5 Å². The zero-order chi connectivity index (χ0) is 14.1. The lowest BCUT2D eigenvalue weighted by Crippen LogP contribution is -1.95. The first-order chi connectivity index (χ1) is 9.65. The predicted molar refractivity (Wildman–Crippen MR) is 80.6 cm³/mol. The molecular weight excluding hydrogens is 320 g/mol. The summed E-state index contributed by atoms with van der Waals surface area (Å²) in [6, 6.07) is 11.9. The van der Waals surface area contributed by atoms with Crippen molar-refractivity contribution in [3.63, 3.8) is 0 Å². The molecule has 98 valence electrons. The molecule has 0 saturated carbocycles. The molecule has 0 aliphatic carbocycles. The van der Waals surface area contributed by atoms with E-state index in [2.05, 4.69) is 25.9 Å². The normalized spacial score (nSPS) is 10.7. The van der Waals surface area contributed by atoms with Gasteiger partial charge in [0.2, 0.25) is 5.43 Å². The third-order valence-electron chi connectivity index (χ3n) is 2.90. The fourth-order valence-corrected chi connectivity index (χ4v) is 2.28. The summed E-state index contributed by atoms with van der Waals surface area (Å²) in [5, 5.41) is 10.9. The van der Waals surface area contributed by atoms with Gasteiger partial charge < -0.3 is 5.11 Å². The molecule has 2 heterocycles. The molecule has 0 unspecified atom stereocenters. The van der Waals surface area contributed by atoms with Crippen molar-refractivity contribution in [1.29, 1.82) is 0 Å². The number of pyridine rings is 2. The van der Waals surface area contributed by atoms with Crippen LogP contribution in [0.2, 0.25) is 0 Å². The van der Waals surface area contributed by atoms with E-state index in [1.54, 1.807) is 24.4 Å². The molecule has 1 aromatic carbocycles. The fraction of sp³-hybridized carbons (Fsp3) is 0. The number of aromatic nitrogens is 2. The van der Waals surface area contributed by atoms with Crippen LogP contribution in [0.5, 0.6) is 5.75 Å². The highest BCUT2D eigenvalue weighted by Crippen LogP contribution is 2.27. The van der Waals surface area contributed by atoms with Crippen molar-refractivity contribution >= 4 is 27.0 Å². The van der Waals surface area contributed by atoms with Crippen LogP contribution in [0.25, 0.3) is 22.3 Å². The minimum Gasteiger partial charge on any atom is -0.504 e. The van der Waals surface area contributed by atoms with Crippen molar-refractivity contribution in [2.24, 2.45) is 0 Å². The van der Waals surface area contributed by atoms with Gasteiger partial charge in [-0.15, -0.1) is 0 Å². The number of hydrogen-bond donors (Lipinski definition) is 1. The second-order valence-corrected chi connectivity index (χ2v) is 5.15. The van der Waals surface area contributed by atoms with Gasteiger partial charge >= 0.3 is 0 Å². The molecule has 2 aromatic heterocycles. The van der Waals surface area contributed by atoms with Crippen molar-refractivity contribution in [2.45, 2.75) is 0 Å². The minimum atomic E-state index is -0.450. The van der Waals surface area contributed by atoms with Gasteiger partial charge in [0.1, 0.15) is 0 Å². The second-order valence-electron chi connectivity index (χ2n) is 4.24. The summed E-state index contributed by atoms with van der Waals surface area (Å²) < 4.78 is 0.688. The van der Waals surface area contributed by atoms with Crippen LogP contribution in [0.3, 0.4) is 0 Å². The minimum absolute atomic E-state index is 0.321. The van der Waals surface area contributed by atoms with Crippen LogP contribution in [0.15, 0.2) is 57.9 Å². The van der Waals surface area contributed by atoms with E-state index in [1.165, 1.54) is 6.07 Å². The first-order valence-corrected chi connectivity index (χ1v) is 6.69. The molecule has 0 fully saturated rings. The van der Waals surface area contributed by atoms with Crippen molar-refractivity contribution < 1.29 is 5.11 Å². The molecule has 0 amide bonds. The van der Waals surface area contributed by atoms with E-state index in [9.17, 15) is 9.90 Å². The Morgan fingerprint density at radius 1 is 1.10 bits per heavy atom. The van der Waals surface area contributed by atoms with Gasteiger partial charge in [0.05, 0.1) is 5.69 Å². The lowest BCUT2D eigenvalue weighted by atomic mass is 10.1. The van der Waals surface area contributed by atoms with E-state index in [0.717, 1.165) is 5.39 Å². The standard InChI is InChI=1S/C15H9BrN2O2/c16-10-4-6-13(19)14(20)11(8-10)12-5-3-9-2-1-7-17-15(9)18-12/h1-8H,(H,19,20). The molecule has 20 heavy (non-hydrogen) atoms. The summed E-state index contributed by atoms with van der Waals surface area (Å²) in [6.45, 7) is 0. The molecule has 3 aromatic rings. The van der Waals surface area contributed by atoms with Gasteiger partial charge in [-0.2, -0.15) is 0 Å². The van der Waals surface area contributed by atoms with Crippen LogP contribution in [0, 0.1) is 0 Å². The van der Waals surface area contributed by atoms with E-state index in [1.807, 2.05) is 18.2 Å². The molecule has 1 N–H and O–H groups in total. The molecule has 0 atom stereocenters. The van der Waals surface area contributed by atoms with Gasteiger partial charge in [-0.3, -0.25) is 4.79 Å². The van der Waals surface area contributed by atoms with Crippen LogP contribution < -0.4 is 5.43 Å². The Balaban J connectivity index is 2.31. The van der Waals surface area contributed by atoms with Crippen molar-refractivity contribution in [3.8, 4) is 17.0 Å². The molecule has 0 aliphatic rings. The summed E-state index contributed by atoms with van der Waals surface area (Å²) in [4.78, 5) is 20.3. The second kappa shape index (κ2) is 5.02. The van der Waals surface area contributed by atoms with Gasteiger partial charge in [-0.25, -0.2) is 9.97 Å². The Morgan fingerprint density at radius 2 is 1.95 bits per heavy atom. The molecule has 0 saturated heterocycles. The fourth-order valence-electron chi connectivity index (χ4n) is 1.92. The molecule has 3 rings (SSSR count). The molecule has 0 spiro atoms. The average molecular weight is 329 g/mol. The number of rotatable bonds is 1. The first-order valence-electron chi connectivity index (χ1n) is 5.90. The average Bonchev–Trinajstić information content (AvgIpc) is 2.60. The van der Waals surface area contributed by atoms with Crippen LogP contribution in [-0.4, -0.2) is 15.1 Å². The summed E-state index contributed by atoms with van der Waals surface area (Å²) in [5.41, 5.74) is 0.996. The summed E-state index contributed by atoms with van der Waals surface area (Å²) in [5.74, 6) is -0.321. The van der Waals surface area contributed by atoms with Crippen molar-refractivity contribution in [1.82, 2.24) is 9.97 Å². The van der Waals surface area contributed by atoms with E-state index < -0.39 is 5.43 Å². The monoisotopic (exact) mass is 328 g/mol. The highest BCUT2D eigenvalue weighted by atomic mass is 79.9. The van der Waals surface area contributed by atoms with Gasteiger partial charge in [0, 0.05) is 21.6 Å². The first kappa shape index (κ1) is 12.7. The van der Waals surface area contributed by atoms with Gasteiger partial charge in [-0.1, -0.05) is 15.9 Å². The number of fused-ring (bicyclic) bond motifs is 1. The SMILES string of the molecule is O=c1ccc(Br)cc(-c2ccc3cccnc3n2)c1O. The number of aromatic hydroxyl groups is 1. The number of hydrogen-bond acceptors (Lipinski definition) is 4. The highest BCUT2D eigenvalue weighted by molar-refractivity contribution is 9.10. The number of nitrogens with zero attached hydrogens (tertiary/aromatic N) is 2. The van der Waals surface area contributed by atoms with E-state index >= 15 is 0 Å². The van der Waals surface area contributed by atoms with Gasteiger partial charge in [0.15, 0.2) is 11.4 Å². The predicted octanol–water partition coefficient (Wildman–Crippen LogP) is 3.13.